The van der Waals surface area contributed by atoms with Gasteiger partial charge in [-0.25, -0.2) is 4.79 Å². The van der Waals surface area contributed by atoms with Gasteiger partial charge in [-0.15, -0.1) is 11.3 Å². The van der Waals surface area contributed by atoms with Gasteiger partial charge in [-0.2, -0.15) is 9.97 Å². The predicted octanol–water partition coefficient (Wildman–Crippen LogP) is 4.33. The van der Waals surface area contributed by atoms with E-state index >= 15 is 0 Å². The lowest BCUT2D eigenvalue weighted by Gasteiger charge is -1.97. The van der Waals surface area contributed by atoms with Crippen LogP contribution in [0.15, 0.2) is 59.9 Å². The van der Waals surface area contributed by atoms with Gasteiger partial charge in [-0.3, -0.25) is 0 Å². The van der Waals surface area contributed by atoms with Gasteiger partial charge in [0.1, 0.15) is 5.58 Å². The van der Waals surface area contributed by atoms with E-state index in [-0.39, 0.29) is 11.8 Å². The Morgan fingerprint density at radius 3 is 2.73 bits per heavy atom. The van der Waals surface area contributed by atoms with Crippen LogP contribution in [0.4, 0.5) is 0 Å². The summed E-state index contributed by atoms with van der Waals surface area (Å²) in [7, 11) is 0. The SMILES string of the molecule is O=c1nc(-c2cc3cc(Br)ccc3o2)oc(-c2cccs2)n1. The number of furan rings is 1. The van der Waals surface area contributed by atoms with Crippen LogP contribution >= 0.6 is 27.3 Å². The summed E-state index contributed by atoms with van der Waals surface area (Å²) in [4.78, 5) is 20.1. The molecule has 0 atom stereocenters. The van der Waals surface area contributed by atoms with Gasteiger partial charge in [0.05, 0.1) is 4.88 Å². The molecule has 3 aromatic heterocycles. The lowest BCUT2D eigenvalue weighted by atomic mass is 10.2. The third kappa shape index (κ3) is 2.38. The molecule has 0 radical (unpaired) electrons. The fourth-order valence-electron chi connectivity index (χ4n) is 2.07. The van der Waals surface area contributed by atoms with Crippen LogP contribution in [0.3, 0.4) is 0 Å². The summed E-state index contributed by atoms with van der Waals surface area (Å²) < 4.78 is 12.3. The zero-order valence-electron chi connectivity index (χ0n) is 10.9. The van der Waals surface area contributed by atoms with Crippen molar-refractivity contribution in [3.63, 3.8) is 0 Å². The summed E-state index contributed by atoms with van der Waals surface area (Å²) in [5.41, 5.74) is 0.0865. The van der Waals surface area contributed by atoms with Crippen LogP contribution in [0.1, 0.15) is 0 Å². The van der Waals surface area contributed by atoms with Crippen LogP contribution < -0.4 is 5.69 Å². The van der Waals surface area contributed by atoms with Crippen molar-refractivity contribution in [2.24, 2.45) is 0 Å². The third-order valence-electron chi connectivity index (χ3n) is 3.01. The highest BCUT2D eigenvalue weighted by Gasteiger charge is 2.14. The van der Waals surface area contributed by atoms with Crippen molar-refractivity contribution >= 4 is 38.2 Å². The number of thiophene rings is 1. The summed E-state index contributed by atoms with van der Waals surface area (Å²) in [6, 6.07) is 11.1. The van der Waals surface area contributed by atoms with E-state index in [4.69, 9.17) is 8.83 Å². The first kappa shape index (κ1) is 13.4. The molecular weight excluding hydrogens is 368 g/mol. The van der Waals surface area contributed by atoms with Gasteiger partial charge in [-0.05, 0) is 35.7 Å². The second-order valence-electron chi connectivity index (χ2n) is 4.49. The maximum atomic E-state index is 11.7. The molecule has 4 rings (SSSR count). The lowest BCUT2D eigenvalue weighted by Crippen LogP contribution is -2.11. The number of aromatic nitrogens is 2. The van der Waals surface area contributed by atoms with Crippen molar-refractivity contribution in [2.75, 3.05) is 0 Å². The zero-order valence-corrected chi connectivity index (χ0v) is 13.3. The van der Waals surface area contributed by atoms with E-state index in [1.54, 1.807) is 6.07 Å². The molecule has 3 heterocycles. The molecule has 4 aromatic rings. The zero-order chi connectivity index (χ0) is 15.1. The van der Waals surface area contributed by atoms with Gasteiger partial charge in [-0.1, -0.05) is 22.0 Å². The minimum Gasteiger partial charge on any atom is -0.451 e. The van der Waals surface area contributed by atoms with Gasteiger partial charge in [0.25, 0.3) is 5.89 Å². The molecule has 0 aliphatic heterocycles. The summed E-state index contributed by atoms with van der Waals surface area (Å²) in [5, 5.41) is 2.78. The van der Waals surface area contributed by atoms with Gasteiger partial charge >= 0.3 is 5.69 Å². The van der Waals surface area contributed by atoms with Crippen molar-refractivity contribution in [1.82, 2.24) is 9.97 Å². The topological polar surface area (TPSA) is 69.1 Å². The highest BCUT2D eigenvalue weighted by Crippen LogP contribution is 2.30. The van der Waals surface area contributed by atoms with Gasteiger partial charge in [0.15, 0.2) is 5.76 Å². The lowest BCUT2D eigenvalue weighted by molar-refractivity contribution is 0.502. The van der Waals surface area contributed by atoms with Crippen LogP contribution in [-0.4, -0.2) is 9.97 Å². The molecule has 0 N–H and O–H groups in total. The number of benzene rings is 1. The van der Waals surface area contributed by atoms with Gasteiger partial charge in [0.2, 0.25) is 5.89 Å². The molecule has 0 spiro atoms. The molecule has 0 aliphatic rings. The molecule has 22 heavy (non-hydrogen) atoms. The number of rotatable bonds is 2. The smallest absolute Gasteiger partial charge is 0.373 e. The Morgan fingerprint density at radius 1 is 1.05 bits per heavy atom. The standard InChI is InChI=1S/C15H7BrN2O3S/c16-9-3-4-10-8(6-9)7-11(20-10)13-17-15(19)18-14(21-13)12-2-1-5-22-12/h1-7H. The molecule has 108 valence electrons. The van der Waals surface area contributed by atoms with E-state index in [2.05, 4.69) is 25.9 Å². The second kappa shape index (κ2) is 5.19. The van der Waals surface area contributed by atoms with E-state index in [1.165, 1.54) is 11.3 Å². The van der Waals surface area contributed by atoms with Crippen LogP contribution in [0.2, 0.25) is 0 Å². The highest BCUT2D eigenvalue weighted by atomic mass is 79.9. The Bertz CT molecular complexity index is 1020. The van der Waals surface area contributed by atoms with Gasteiger partial charge < -0.3 is 8.83 Å². The fraction of sp³-hybridized carbons (Fsp3) is 0. The average molecular weight is 375 g/mol. The normalized spacial score (nSPS) is 11.1. The molecule has 1 aromatic carbocycles. The molecule has 0 unspecified atom stereocenters. The van der Waals surface area contributed by atoms with E-state index in [0.29, 0.717) is 11.3 Å². The van der Waals surface area contributed by atoms with Crippen molar-refractivity contribution < 1.29 is 8.83 Å². The Labute approximate surface area is 136 Å². The second-order valence-corrected chi connectivity index (χ2v) is 6.35. The molecule has 0 saturated heterocycles. The van der Waals surface area contributed by atoms with E-state index in [0.717, 1.165) is 14.7 Å². The molecule has 7 heteroatoms. The summed E-state index contributed by atoms with van der Waals surface area (Å²) >= 11 is 4.84. The Morgan fingerprint density at radius 2 is 1.91 bits per heavy atom. The van der Waals surface area contributed by atoms with Gasteiger partial charge in [0, 0.05) is 9.86 Å². The quantitative estimate of drug-likeness (QED) is 0.522. The van der Waals surface area contributed by atoms with Crippen molar-refractivity contribution in [3.05, 3.63) is 56.7 Å². The molecule has 5 nitrogen and oxygen atoms in total. The maximum Gasteiger partial charge on any atom is 0.373 e. The maximum absolute atomic E-state index is 11.7. The first-order chi connectivity index (χ1) is 10.7. The minimum atomic E-state index is -0.605. The van der Waals surface area contributed by atoms with Crippen molar-refractivity contribution in [3.8, 4) is 22.4 Å². The summed E-state index contributed by atoms with van der Waals surface area (Å²) in [6.07, 6.45) is 0. The average Bonchev–Trinajstić information content (AvgIpc) is 3.15. The largest absolute Gasteiger partial charge is 0.451 e. The van der Waals surface area contributed by atoms with Crippen LogP contribution in [0.5, 0.6) is 0 Å². The number of nitrogens with zero attached hydrogens (tertiary/aromatic N) is 2. The number of fused-ring (bicyclic) bond motifs is 1. The van der Waals surface area contributed by atoms with Crippen molar-refractivity contribution in [2.45, 2.75) is 0 Å². The Balaban J connectivity index is 1.89. The predicted molar refractivity (Wildman–Crippen MR) is 86.8 cm³/mol. The number of hydrogen-bond donors (Lipinski definition) is 0. The van der Waals surface area contributed by atoms with Crippen LogP contribution in [-0.2, 0) is 0 Å². The summed E-state index contributed by atoms with van der Waals surface area (Å²) in [6.45, 7) is 0. The molecule has 0 fully saturated rings. The van der Waals surface area contributed by atoms with Crippen LogP contribution in [0, 0.1) is 0 Å². The molecule has 0 aliphatic carbocycles. The Hall–Kier alpha value is -2.25. The fourth-order valence-corrected chi connectivity index (χ4v) is 3.09. The van der Waals surface area contributed by atoms with E-state index < -0.39 is 5.69 Å². The Kier molecular flexibility index (Phi) is 3.16. The third-order valence-corrected chi connectivity index (χ3v) is 4.36. The van der Waals surface area contributed by atoms with E-state index in [1.807, 2.05) is 35.7 Å². The highest BCUT2D eigenvalue weighted by molar-refractivity contribution is 9.10. The number of halogens is 1. The molecular formula is C15H7BrN2O3S. The molecule has 0 saturated carbocycles. The van der Waals surface area contributed by atoms with Crippen molar-refractivity contribution in [1.29, 1.82) is 0 Å². The molecule has 0 bridgehead atoms. The van der Waals surface area contributed by atoms with Crippen LogP contribution in [0.25, 0.3) is 33.4 Å². The van der Waals surface area contributed by atoms with E-state index in [9.17, 15) is 4.79 Å². The number of hydrogen-bond acceptors (Lipinski definition) is 6. The minimum absolute atomic E-state index is 0.121. The molecule has 0 amide bonds. The first-order valence-corrected chi connectivity index (χ1v) is 7.99. The monoisotopic (exact) mass is 374 g/mol. The summed E-state index contributed by atoms with van der Waals surface area (Å²) in [5.74, 6) is 0.757. The first-order valence-electron chi connectivity index (χ1n) is 6.31.